The van der Waals surface area contributed by atoms with Gasteiger partial charge in [-0.05, 0) is 30.4 Å². The van der Waals surface area contributed by atoms with Crippen LogP contribution in [0.1, 0.15) is 30.4 Å². The van der Waals surface area contributed by atoms with Crippen molar-refractivity contribution >= 4 is 6.09 Å². The number of carbonyl (C=O) groups is 1. The highest BCUT2D eigenvalue weighted by Crippen LogP contribution is 2.45. The van der Waals surface area contributed by atoms with Crippen molar-refractivity contribution in [2.75, 3.05) is 20.3 Å². The lowest BCUT2D eigenvalue weighted by molar-refractivity contribution is -0.0571. The minimum atomic E-state index is -0.889. The molecule has 0 spiro atoms. The van der Waals surface area contributed by atoms with E-state index < -0.39 is 11.6 Å². The average Bonchev–Trinajstić information content (AvgIpc) is 3.13. The summed E-state index contributed by atoms with van der Waals surface area (Å²) < 4.78 is 11.0. The molecule has 0 bridgehead atoms. The lowest BCUT2D eigenvalue weighted by Gasteiger charge is -2.38. The summed E-state index contributed by atoms with van der Waals surface area (Å²) in [5.74, 6) is 0. The summed E-state index contributed by atoms with van der Waals surface area (Å²) in [5, 5.41) is 9.49. The number of rotatable bonds is 4. The first kappa shape index (κ1) is 14.4. The van der Waals surface area contributed by atoms with E-state index in [0.717, 1.165) is 24.8 Å². The second kappa shape index (κ2) is 5.66. The SMILES string of the molecule is CN(C(=O)O)C1(CCC2OCCO2)CCc2ccccc21. The van der Waals surface area contributed by atoms with Crippen LogP contribution >= 0.6 is 0 Å². The van der Waals surface area contributed by atoms with Crippen molar-refractivity contribution in [3.8, 4) is 0 Å². The van der Waals surface area contributed by atoms with Crippen LogP contribution in [0.2, 0.25) is 0 Å². The molecule has 2 aliphatic rings. The summed E-state index contributed by atoms with van der Waals surface area (Å²) in [6.07, 6.45) is 2.09. The fourth-order valence-electron chi connectivity index (χ4n) is 3.56. The van der Waals surface area contributed by atoms with Crippen molar-refractivity contribution in [1.82, 2.24) is 4.90 Å². The van der Waals surface area contributed by atoms with Gasteiger partial charge in [-0.1, -0.05) is 24.3 Å². The Kier molecular flexibility index (Phi) is 3.87. The van der Waals surface area contributed by atoms with Gasteiger partial charge in [-0.15, -0.1) is 0 Å². The topological polar surface area (TPSA) is 59.0 Å². The molecular weight excluding hydrogens is 270 g/mol. The van der Waals surface area contributed by atoms with E-state index in [1.165, 1.54) is 10.5 Å². The van der Waals surface area contributed by atoms with E-state index in [1.54, 1.807) is 7.05 Å². The van der Waals surface area contributed by atoms with Crippen LogP contribution < -0.4 is 0 Å². The standard InChI is InChI=1S/C16H21NO4/c1-17(15(18)19)16(9-7-14-20-10-11-21-14)8-6-12-4-2-3-5-13(12)16/h2-5,14H,6-11H2,1H3,(H,18,19). The van der Waals surface area contributed by atoms with Crippen molar-refractivity contribution in [3.63, 3.8) is 0 Å². The first-order chi connectivity index (χ1) is 10.1. The first-order valence-corrected chi connectivity index (χ1v) is 7.42. The number of hydrogen-bond donors (Lipinski definition) is 1. The Labute approximate surface area is 124 Å². The van der Waals surface area contributed by atoms with Crippen LogP contribution in [0.4, 0.5) is 4.79 Å². The maximum absolute atomic E-state index is 11.6. The second-order valence-electron chi connectivity index (χ2n) is 5.74. The van der Waals surface area contributed by atoms with Crippen LogP contribution in [0.3, 0.4) is 0 Å². The van der Waals surface area contributed by atoms with Crippen LogP contribution in [0, 0.1) is 0 Å². The highest BCUT2D eigenvalue weighted by atomic mass is 16.7. The van der Waals surface area contributed by atoms with Crippen LogP contribution in [0.25, 0.3) is 0 Å². The van der Waals surface area contributed by atoms with Gasteiger partial charge in [0.1, 0.15) is 0 Å². The Morgan fingerprint density at radius 1 is 1.38 bits per heavy atom. The molecule has 5 heteroatoms. The van der Waals surface area contributed by atoms with Gasteiger partial charge in [-0.25, -0.2) is 4.79 Å². The molecule has 1 saturated heterocycles. The van der Waals surface area contributed by atoms with Gasteiger partial charge < -0.3 is 19.5 Å². The molecule has 0 aromatic heterocycles. The number of amides is 1. The highest BCUT2D eigenvalue weighted by molar-refractivity contribution is 5.67. The fraction of sp³-hybridized carbons (Fsp3) is 0.562. The van der Waals surface area contributed by atoms with E-state index in [9.17, 15) is 9.90 Å². The number of aryl methyl sites for hydroxylation is 1. The molecule has 1 heterocycles. The molecular formula is C16H21NO4. The molecule has 1 fully saturated rings. The van der Waals surface area contributed by atoms with E-state index in [2.05, 4.69) is 12.1 Å². The molecule has 1 amide bonds. The molecule has 1 aromatic carbocycles. The number of carboxylic acid groups (broad SMARTS) is 1. The monoisotopic (exact) mass is 291 g/mol. The number of hydrogen-bond acceptors (Lipinski definition) is 3. The molecule has 0 radical (unpaired) electrons. The second-order valence-corrected chi connectivity index (χ2v) is 5.74. The van der Waals surface area contributed by atoms with Crippen LogP contribution in [-0.4, -0.2) is 42.7 Å². The quantitative estimate of drug-likeness (QED) is 0.926. The minimum Gasteiger partial charge on any atom is -0.465 e. The van der Waals surface area contributed by atoms with E-state index in [4.69, 9.17) is 9.47 Å². The third kappa shape index (κ3) is 2.51. The van der Waals surface area contributed by atoms with Gasteiger partial charge >= 0.3 is 6.09 Å². The van der Waals surface area contributed by atoms with Gasteiger partial charge in [0.15, 0.2) is 6.29 Å². The van der Waals surface area contributed by atoms with E-state index in [1.807, 2.05) is 12.1 Å². The number of benzene rings is 1. The Hall–Kier alpha value is -1.59. The molecule has 1 aromatic rings. The van der Waals surface area contributed by atoms with Crippen molar-refractivity contribution < 1.29 is 19.4 Å². The molecule has 5 nitrogen and oxygen atoms in total. The van der Waals surface area contributed by atoms with Crippen LogP contribution in [-0.2, 0) is 21.4 Å². The zero-order valence-electron chi connectivity index (χ0n) is 12.2. The fourth-order valence-corrected chi connectivity index (χ4v) is 3.56. The van der Waals surface area contributed by atoms with E-state index in [-0.39, 0.29) is 6.29 Å². The smallest absolute Gasteiger partial charge is 0.407 e. The molecule has 1 N–H and O–H groups in total. The summed E-state index contributed by atoms with van der Waals surface area (Å²) >= 11 is 0. The normalized spacial score (nSPS) is 25.0. The third-order valence-electron chi connectivity index (χ3n) is 4.74. The summed E-state index contributed by atoms with van der Waals surface area (Å²) in [6, 6.07) is 8.14. The van der Waals surface area contributed by atoms with E-state index >= 15 is 0 Å². The van der Waals surface area contributed by atoms with Crippen LogP contribution in [0.15, 0.2) is 24.3 Å². The summed E-state index contributed by atoms with van der Waals surface area (Å²) in [7, 11) is 1.67. The molecule has 1 atom stereocenters. The lowest BCUT2D eigenvalue weighted by Crippen LogP contribution is -2.45. The average molecular weight is 291 g/mol. The number of ether oxygens (including phenoxy) is 2. The molecule has 1 unspecified atom stereocenters. The number of nitrogens with zero attached hydrogens (tertiary/aromatic N) is 1. The maximum atomic E-state index is 11.6. The highest BCUT2D eigenvalue weighted by Gasteiger charge is 2.44. The Morgan fingerprint density at radius 3 is 2.81 bits per heavy atom. The molecule has 1 aliphatic heterocycles. The van der Waals surface area contributed by atoms with Gasteiger partial charge in [0.05, 0.1) is 18.8 Å². The van der Waals surface area contributed by atoms with E-state index in [0.29, 0.717) is 19.6 Å². The Bertz CT molecular complexity index is 527. The molecule has 3 rings (SSSR count). The predicted molar refractivity (Wildman–Crippen MR) is 77.2 cm³/mol. The van der Waals surface area contributed by atoms with Gasteiger partial charge in [-0.3, -0.25) is 0 Å². The third-order valence-corrected chi connectivity index (χ3v) is 4.74. The Morgan fingerprint density at radius 2 is 2.10 bits per heavy atom. The predicted octanol–water partition coefficient (Wildman–Crippen LogP) is 2.59. The summed E-state index contributed by atoms with van der Waals surface area (Å²) in [4.78, 5) is 13.0. The molecule has 1 aliphatic carbocycles. The largest absolute Gasteiger partial charge is 0.465 e. The molecule has 0 saturated carbocycles. The lowest BCUT2D eigenvalue weighted by atomic mass is 9.85. The zero-order chi connectivity index (χ0) is 14.9. The number of fused-ring (bicyclic) bond motifs is 1. The first-order valence-electron chi connectivity index (χ1n) is 7.42. The summed E-state index contributed by atoms with van der Waals surface area (Å²) in [5.41, 5.74) is 1.92. The zero-order valence-corrected chi connectivity index (χ0v) is 12.2. The van der Waals surface area contributed by atoms with Gasteiger partial charge in [0, 0.05) is 13.5 Å². The maximum Gasteiger partial charge on any atom is 0.407 e. The molecule has 21 heavy (non-hydrogen) atoms. The van der Waals surface area contributed by atoms with Crippen molar-refractivity contribution in [3.05, 3.63) is 35.4 Å². The van der Waals surface area contributed by atoms with Crippen molar-refractivity contribution in [2.45, 2.75) is 37.5 Å². The molecule has 114 valence electrons. The van der Waals surface area contributed by atoms with Crippen molar-refractivity contribution in [2.24, 2.45) is 0 Å². The van der Waals surface area contributed by atoms with Gasteiger partial charge in [-0.2, -0.15) is 0 Å². The van der Waals surface area contributed by atoms with Gasteiger partial charge in [0.25, 0.3) is 0 Å². The van der Waals surface area contributed by atoms with Gasteiger partial charge in [0.2, 0.25) is 0 Å². The minimum absolute atomic E-state index is 0.197. The summed E-state index contributed by atoms with van der Waals surface area (Å²) in [6.45, 7) is 1.26. The van der Waals surface area contributed by atoms with Crippen LogP contribution in [0.5, 0.6) is 0 Å². The van der Waals surface area contributed by atoms with Crippen molar-refractivity contribution in [1.29, 1.82) is 0 Å². The Balaban J connectivity index is 1.87.